The molecule has 3 nitrogen and oxygen atoms in total. The lowest BCUT2D eigenvalue weighted by Crippen LogP contribution is -2.41. The molecule has 9 heteroatoms. The molecule has 0 atom stereocenters. The molecule has 0 aromatic heterocycles. The Morgan fingerprint density at radius 1 is 1.11 bits per heavy atom. The van der Waals surface area contributed by atoms with Crippen molar-refractivity contribution in [3.8, 4) is 0 Å². The maximum absolute atomic E-state index is 12.4. The number of ketones is 1. The number of amides is 1. The third kappa shape index (κ3) is 2.08. The number of anilines is 1. The van der Waals surface area contributed by atoms with Gasteiger partial charge in [-0.3, -0.25) is 9.59 Å². The fourth-order valence-corrected chi connectivity index (χ4v) is 2.23. The van der Waals surface area contributed by atoms with Crippen molar-refractivity contribution in [3.63, 3.8) is 0 Å². The highest BCUT2D eigenvalue weighted by Gasteiger charge is 2.42. The smallest absolute Gasteiger partial charge is 0.448 e. The zero-order valence-corrected chi connectivity index (χ0v) is 10.1. The number of rotatable bonds is 2. The molecule has 0 saturated heterocycles. The van der Waals surface area contributed by atoms with Crippen molar-refractivity contribution in [1.82, 2.24) is 0 Å². The first kappa shape index (κ1) is 13.2. The van der Waals surface area contributed by atoms with Gasteiger partial charge in [0.05, 0.1) is 21.3 Å². The summed E-state index contributed by atoms with van der Waals surface area (Å²) in [6, 6.07) is 2.50. The van der Waals surface area contributed by atoms with Crippen LogP contribution in [0.15, 0.2) is 12.1 Å². The summed E-state index contributed by atoms with van der Waals surface area (Å²) in [7, 11) is 0. The molecule has 0 N–H and O–H groups in total. The molecule has 18 heavy (non-hydrogen) atoms. The quantitative estimate of drug-likeness (QED) is 0.621. The zero-order chi connectivity index (χ0) is 13.7. The van der Waals surface area contributed by atoms with Crippen molar-refractivity contribution < 1.29 is 22.5 Å². The lowest BCUT2D eigenvalue weighted by molar-refractivity contribution is -0.114. The Morgan fingerprint density at radius 3 is 2.22 bits per heavy atom. The minimum atomic E-state index is -5.27. The maximum Gasteiger partial charge on any atom is 0.497 e. The van der Waals surface area contributed by atoms with Crippen molar-refractivity contribution in [3.05, 3.63) is 27.7 Å². The van der Waals surface area contributed by atoms with Crippen LogP contribution in [0.4, 0.5) is 18.6 Å². The number of fused-ring (bicyclic) bond motifs is 1. The lowest BCUT2D eigenvalue weighted by atomic mass is 9.91. The summed E-state index contributed by atoms with van der Waals surface area (Å²) in [5.74, 6) is -2.34. The van der Waals surface area contributed by atoms with Gasteiger partial charge in [0.25, 0.3) is 11.7 Å². The Morgan fingerprint density at radius 2 is 1.67 bits per heavy atom. The zero-order valence-electron chi connectivity index (χ0n) is 8.59. The lowest BCUT2D eigenvalue weighted by Gasteiger charge is -2.24. The molecular weight excluding hydrogens is 293 g/mol. The Kier molecular flexibility index (Phi) is 3.07. The highest BCUT2D eigenvalue weighted by atomic mass is 35.5. The first-order valence-electron chi connectivity index (χ1n) is 4.77. The number of halogens is 5. The molecule has 1 aromatic carbocycles. The highest BCUT2D eigenvalue weighted by Crippen LogP contribution is 2.40. The summed E-state index contributed by atoms with van der Waals surface area (Å²) in [5.41, 5.74) is -0.535. The molecule has 1 aromatic rings. The van der Waals surface area contributed by atoms with E-state index in [2.05, 4.69) is 0 Å². The first-order valence-corrected chi connectivity index (χ1v) is 5.53. The van der Waals surface area contributed by atoms with Crippen LogP contribution in [0.1, 0.15) is 10.4 Å². The average Bonchev–Trinajstić information content (AvgIpc) is 2.48. The molecule has 1 aliphatic rings. The van der Waals surface area contributed by atoms with Crippen LogP contribution in [-0.2, 0) is 4.79 Å². The van der Waals surface area contributed by atoms with Crippen LogP contribution >= 0.6 is 23.2 Å². The summed E-state index contributed by atoms with van der Waals surface area (Å²) in [6.07, 6.45) is -1.52. The second kappa shape index (κ2) is 4.17. The first-order chi connectivity index (χ1) is 8.22. The molecule has 0 aliphatic carbocycles. The molecule has 1 heterocycles. The molecule has 1 amide bonds. The van der Waals surface area contributed by atoms with Crippen LogP contribution < -0.4 is 4.90 Å². The van der Waals surface area contributed by atoms with E-state index in [-0.39, 0.29) is 21.3 Å². The van der Waals surface area contributed by atoms with Gasteiger partial charge in [-0.1, -0.05) is 23.2 Å². The van der Waals surface area contributed by atoms with Gasteiger partial charge in [-0.15, -0.1) is 0 Å². The number of hydrogen-bond donors (Lipinski definition) is 0. The van der Waals surface area contributed by atoms with Crippen LogP contribution in [-0.4, -0.2) is 25.1 Å². The van der Waals surface area contributed by atoms with Crippen LogP contribution in [0, 0.1) is 0 Å². The largest absolute Gasteiger partial charge is 0.497 e. The van der Waals surface area contributed by atoms with Gasteiger partial charge < -0.3 is 17.8 Å². The van der Waals surface area contributed by atoms with E-state index >= 15 is 0 Å². The third-order valence-corrected chi connectivity index (χ3v) is 3.02. The molecule has 1 aliphatic heterocycles. The summed E-state index contributed by atoms with van der Waals surface area (Å²) < 4.78 is 37.2. The summed E-state index contributed by atoms with van der Waals surface area (Å²) >= 11 is 11.4. The van der Waals surface area contributed by atoms with E-state index in [0.29, 0.717) is 4.90 Å². The van der Waals surface area contributed by atoms with Crippen LogP contribution in [0.2, 0.25) is 10.0 Å². The highest BCUT2D eigenvalue weighted by molar-refractivity contribution is 6.63. The second-order valence-electron chi connectivity index (χ2n) is 3.71. The fourth-order valence-electron chi connectivity index (χ4n) is 1.73. The SMILES string of the molecule is O=C1C(=O)N(C[B-](F)(F)F)c2c(Cl)ccc(Cl)c21. The fraction of sp³-hybridized carbons (Fsp3) is 0.111. The minimum absolute atomic E-state index is 0.0927. The van der Waals surface area contributed by atoms with Crippen LogP contribution in [0.25, 0.3) is 0 Å². The van der Waals surface area contributed by atoms with Gasteiger partial charge in [-0.25, -0.2) is 0 Å². The molecule has 0 spiro atoms. The van der Waals surface area contributed by atoms with Gasteiger partial charge in [0, 0.05) is 0 Å². The molecule has 0 saturated carbocycles. The number of carbonyl (C=O) groups excluding carboxylic acids is 2. The number of benzene rings is 1. The van der Waals surface area contributed by atoms with E-state index in [0.717, 1.165) is 0 Å². The molecule has 0 unspecified atom stereocenters. The predicted octanol–water partition coefficient (Wildman–Crippen LogP) is 2.91. The Hall–Kier alpha value is -1.21. The van der Waals surface area contributed by atoms with E-state index in [4.69, 9.17) is 23.2 Å². The molecule has 96 valence electrons. The average molecular weight is 297 g/mol. The van der Waals surface area contributed by atoms with Crippen LogP contribution in [0.3, 0.4) is 0 Å². The van der Waals surface area contributed by atoms with Gasteiger partial charge in [-0.05, 0) is 18.6 Å². The van der Waals surface area contributed by atoms with Crippen molar-refractivity contribution in [2.45, 2.75) is 0 Å². The minimum Gasteiger partial charge on any atom is -0.448 e. The Labute approximate surface area is 110 Å². The van der Waals surface area contributed by atoms with E-state index < -0.39 is 25.1 Å². The van der Waals surface area contributed by atoms with E-state index in [1.807, 2.05) is 0 Å². The molecule has 0 bridgehead atoms. The van der Waals surface area contributed by atoms with E-state index in [9.17, 15) is 22.5 Å². The normalized spacial score (nSPS) is 15.3. The Balaban J connectivity index is 2.58. The molecule has 0 fully saturated rings. The topological polar surface area (TPSA) is 37.4 Å². The van der Waals surface area contributed by atoms with Crippen molar-refractivity contribution in [1.29, 1.82) is 0 Å². The van der Waals surface area contributed by atoms with Crippen molar-refractivity contribution >= 4 is 47.6 Å². The van der Waals surface area contributed by atoms with Gasteiger partial charge in [0.15, 0.2) is 0 Å². The summed E-state index contributed by atoms with van der Waals surface area (Å²) in [6.45, 7) is -5.27. The summed E-state index contributed by atoms with van der Waals surface area (Å²) in [5, 5.41) is -0.210. The molecule has 0 radical (unpaired) electrons. The number of Topliss-reactive ketones (excluding diaryl/α,β-unsaturated/α-hetero) is 1. The van der Waals surface area contributed by atoms with Gasteiger partial charge >= 0.3 is 6.98 Å². The number of nitrogens with zero attached hydrogens (tertiary/aromatic N) is 1. The van der Waals surface area contributed by atoms with Gasteiger partial charge in [0.1, 0.15) is 0 Å². The predicted molar refractivity (Wildman–Crippen MR) is 62.2 cm³/mol. The monoisotopic (exact) mass is 296 g/mol. The maximum atomic E-state index is 12.4. The summed E-state index contributed by atoms with van der Waals surface area (Å²) in [4.78, 5) is 23.4. The molecular formula is C9H4BCl2F3NO2-. The van der Waals surface area contributed by atoms with Gasteiger partial charge in [0.2, 0.25) is 0 Å². The number of hydrogen-bond acceptors (Lipinski definition) is 2. The molecule has 2 rings (SSSR count). The Bertz CT molecular complexity index is 561. The number of carbonyl (C=O) groups is 2. The van der Waals surface area contributed by atoms with E-state index in [1.165, 1.54) is 12.1 Å². The van der Waals surface area contributed by atoms with E-state index in [1.54, 1.807) is 0 Å². The third-order valence-electron chi connectivity index (χ3n) is 2.40. The van der Waals surface area contributed by atoms with Crippen molar-refractivity contribution in [2.75, 3.05) is 11.3 Å². The van der Waals surface area contributed by atoms with Crippen molar-refractivity contribution in [2.24, 2.45) is 0 Å². The standard InChI is InChI=1S/C9H4BCl2F3NO2/c11-4-1-2-5(12)7-6(4)8(17)9(18)16(7)3-10(13,14)15/h1-2H,3H2/q-1. The second-order valence-corrected chi connectivity index (χ2v) is 4.52. The van der Waals surface area contributed by atoms with Gasteiger partial charge in [-0.2, -0.15) is 0 Å². The van der Waals surface area contributed by atoms with Crippen LogP contribution in [0.5, 0.6) is 0 Å².